The summed E-state index contributed by atoms with van der Waals surface area (Å²) in [6.07, 6.45) is 4.71. The Morgan fingerprint density at radius 1 is 1.28 bits per heavy atom. The second-order valence-corrected chi connectivity index (χ2v) is 10.00. The predicted octanol–water partition coefficient (Wildman–Crippen LogP) is 2.66. The van der Waals surface area contributed by atoms with Gasteiger partial charge in [0, 0.05) is 17.7 Å². The van der Waals surface area contributed by atoms with E-state index in [0.29, 0.717) is 46.1 Å². The van der Waals surface area contributed by atoms with Crippen LogP contribution in [-0.4, -0.2) is 50.3 Å². The van der Waals surface area contributed by atoms with Crippen molar-refractivity contribution in [2.75, 3.05) is 20.3 Å². The maximum absolute atomic E-state index is 14.4. The van der Waals surface area contributed by atoms with Crippen molar-refractivity contribution in [3.63, 3.8) is 0 Å². The number of nitrogens with zero attached hydrogens (tertiary/aromatic N) is 5. The number of benzene rings is 1. The Morgan fingerprint density at radius 2 is 2.05 bits per heavy atom. The van der Waals surface area contributed by atoms with E-state index in [9.17, 15) is 18.8 Å². The first kappa shape index (κ1) is 26.5. The summed E-state index contributed by atoms with van der Waals surface area (Å²) in [5, 5.41) is 11.9. The van der Waals surface area contributed by atoms with Crippen LogP contribution >= 0.6 is 11.3 Å². The van der Waals surface area contributed by atoms with Gasteiger partial charge < -0.3 is 14.8 Å². The number of amides is 1. The molecular weight excluding hydrogens is 527 g/mol. The number of ether oxygens (including phenoxy) is 2. The quantitative estimate of drug-likeness (QED) is 0.236. The molecule has 1 aromatic carbocycles. The van der Waals surface area contributed by atoms with Gasteiger partial charge in [-0.1, -0.05) is 17.4 Å². The molecule has 4 aromatic rings. The molecule has 0 aliphatic carbocycles. The van der Waals surface area contributed by atoms with E-state index in [-0.39, 0.29) is 18.5 Å². The summed E-state index contributed by atoms with van der Waals surface area (Å²) in [5.74, 6) is -0.503. The topological polar surface area (TPSA) is 122 Å². The van der Waals surface area contributed by atoms with E-state index in [1.54, 1.807) is 13.0 Å². The fourth-order valence-electron chi connectivity index (χ4n) is 4.78. The van der Waals surface area contributed by atoms with Gasteiger partial charge in [0.15, 0.2) is 0 Å². The summed E-state index contributed by atoms with van der Waals surface area (Å²) in [7, 11) is 1.47. The van der Waals surface area contributed by atoms with Crippen LogP contribution < -0.4 is 21.3 Å². The first-order valence-corrected chi connectivity index (χ1v) is 13.2. The third-order valence-electron chi connectivity index (χ3n) is 6.68. The number of aromatic nitrogens is 5. The second kappa shape index (κ2) is 10.9. The molecule has 0 unspecified atom stereocenters. The van der Waals surface area contributed by atoms with E-state index >= 15 is 0 Å². The van der Waals surface area contributed by atoms with Crippen molar-refractivity contribution in [2.24, 2.45) is 0 Å². The monoisotopic (exact) mass is 554 g/mol. The first-order chi connectivity index (χ1) is 18.8. The number of rotatable bonds is 10. The molecule has 1 amide bonds. The summed E-state index contributed by atoms with van der Waals surface area (Å²) in [4.78, 5) is 42.1. The highest BCUT2D eigenvalue weighted by atomic mass is 32.1. The fraction of sp³-hybridized carbons (Fsp3) is 0.346. The zero-order valence-corrected chi connectivity index (χ0v) is 22.2. The van der Waals surface area contributed by atoms with Crippen molar-refractivity contribution < 1.29 is 18.7 Å². The van der Waals surface area contributed by atoms with Crippen molar-refractivity contribution in [3.8, 4) is 10.8 Å². The van der Waals surface area contributed by atoms with Gasteiger partial charge in [-0.25, -0.2) is 13.8 Å². The van der Waals surface area contributed by atoms with Crippen LogP contribution in [0.4, 0.5) is 4.39 Å². The Hall–Kier alpha value is -4.10. The number of halogens is 1. The van der Waals surface area contributed by atoms with Crippen LogP contribution in [0.5, 0.6) is 5.75 Å². The van der Waals surface area contributed by atoms with Crippen molar-refractivity contribution in [1.29, 1.82) is 0 Å². The molecule has 0 spiro atoms. The van der Waals surface area contributed by atoms with Crippen LogP contribution in [0.1, 0.15) is 36.1 Å². The van der Waals surface area contributed by atoms with Crippen molar-refractivity contribution >= 4 is 27.5 Å². The number of aryl methyl sites for hydroxylation is 1. The molecule has 1 N–H and O–H groups in total. The van der Waals surface area contributed by atoms with Crippen LogP contribution in [0, 0.1) is 12.7 Å². The van der Waals surface area contributed by atoms with Gasteiger partial charge in [-0.15, -0.1) is 11.4 Å². The van der Waals surface area contributed by atoms with Crippen LogP contribution in [0.2, 0.25) is 0 Å². The van der Waals surface area contributed by atoms with E-state index in [1.165, 1.54) is 58.4 Å². The third-order valence-corrected chi connectivity index (χ3v) is 7.96. The molecule has 2 atom stereocenters. The van der Waals surface area contributed by atoms with Crippen molar-refractivity contribution in [1.82, 2.24) is 29.4 Å². The number of carbonyl (C=O) groups is 1. The highest BCUT2D eigenvalue weighted by Crippen LogP contribution is 2.34. The average molecular weight is 555 g/mol. The molecule has 39 heavy (non-hydrogen) atoms. The Kier molecular flexibility index (Phi) is 7.44. The van der Waals surface area contributed by atoms with Gasteiger partial charge in [-0.2, -0.15) is 10.2 Å². The molecule has 1 aliphatic rings. The molecule has 5 rings (SSSR count). The summed E-state index contributed by atoms with van der Waals surface area (Å²) < 4.78 is 28.4. The van der Waals surface area contributed by atoms with Gasteiger partial charge in [-0.05, 0) is 38.0 Å². The number of thiophene rings is 1. The van der Waals surface area contributed by atoms with E-state index < -0.39 is 35.1 Å². The van der Waals surface area contributed by atoms with Gasteiger partial charge in [0.2, 0.25) is 5.91 Å². The van der Waals surface area contributed by atoms with Gasteiger partial charge in [0.05, 0.1) is 38.0 Å². The Morgan fingerprint density at radius 3 is 2.72 bits per heavy atom. The van der Waals surface area contributed by atoms with Gasteiger partial charge in [-0.3, -0.25) is 14.2 Å². The highest BCUT2D eigenvalue weighted by molar-refractivity contribution is 7.21. The lowest BCUT2D eigenvalue weighted by Gasteiger charge is -2.23. The lowest BCUT2D eigenvalue weighted by atomic mass is 10.1. The van der Waals surface area contributed by atoms with E-state index in [0.717, 1.165) is 4.57 Å². The molecule has 4 heterocycles. The maximum atomic E-state index is 14.4. The molecule has 3 aromatic heterocycles. The molecule has 1 saturated heterocycles. The average Bonchev–Trinajstić information content (AvgIpc) is 3.67. The second-order valence-electron chi connectivity index (χ2n) is 9.02. The minimum absolute atomic E-state index is 0.0765. The normalized spacial score (nSPS) is 16.0. The third kappa shape index (κ3) is 4.79. The molecule has 1 fully saturated rings. The number of hydrogen-bond acceptors (Lipinski definition) is 8. The van der Waals surface area contributed by atoms with Gasteiger partial charge in [0.25, 0.3) is 5.56 Å². The first-order valence-electron chi connectivity index (χ1n) is 12.3. The molecule has 0 radical (unpaired) electrons. The Balaban J connectivity index is 1.75. The molecule has 0 saturated carbocycles. The largest absolute Gasteiger partial charge is 0.496 e. The number of carbonyl (C=O) groups excluding carboxylic acids is 1. The number of nitrogens with one attached hydrogen (secondary N) is 1. The SMILES string of the molecule is C=CCCO[C@@H](Cn1c(=O)n([C@H]2CCNC2=O)c(=O)c2c(C)c(-n3nccn3)sc21)c1cc(F)ccc1OC. The maximum Gasteiger partial charge on any atom is 0.332 e. The molecule has 0 bridgehead atoms. The zero-order chi connectivity index (χ0) is 27.7. The van der Waals surface area contributed by atoms with Crippen LogP contribution in [0.25, 0.3) is 15.2 Å². The molecule has 204 valence electrons. The smallest absolute Gasteiger partial charge is 0.332 e. The van der Waals surface area contributed by atoms with Gasteiger partial charge >= 0.3 is 5.69 Å². The van der Waals surface area contributed by atoms with E-state index in [4.69, 9.17) is 9.47 Å². The molecular formula is C26H27FN6O5S. The number of hydrogen-bond donors (Lipinski definition) is 1. The zero-order valence-electron chi connectivity index (χ0n) is 21.4. The number of fused-ring (bicyclic) bond motifs is 1. The summed E-state index contributed by atoms with van der Waals surface area (Å²) in [6, 6.07) is 3.13. The minimum Gasteiger partial charge on any atom is -0.496 e. The summed E-state index contributed by atoms with van der Waals surface area (Å²) >= 11 is 1.18. The van der Waals surface area contributed by atoms with Crippen LogP contribution in [0.15, 0.2) is 52.8 Å². The minimum atomic E-state index is -0.949. The predicted molar refractivity (Wildman–Crippen MR) is 143 cm³/mol. The highest BCUT2D eigenvalue weighted by Gasteiger charge is 2.32. The fourth-order valence-corrected chi connectivity index (χ4v) is 6.00. The molecule has 11 nitrogen and oxygen atoms in total. The number of methoxy groups -OCH3 is 1. The molecule has 1 aliphatic heterocycles. The van der Waals surface area contributed by atoms with Gasteiger partial charge in [0.1, 0.15) is 33.5 Å². The van der Waals surface area contributed by atoms with E-state index in [2.05, 4.69) is 22.1 Å². The summed E-state index contributed by atoms with van der Waals surface area (Å²) in [6.45, 7) is 6.00. The van der Waals surface area contributed by atoms with Crippen molar-refractivity contribution in [2.45, 2.75) is 38.5 Å². The summed E-state index contributed by atoms with van der Waals surface area (Å²) in [5.41, 5.74) is -0.249. The Labute approximate surface area is 226 Å². The lowest BCUT2D eigenvalue weighted by Crippen LogP contribution is -2.44. The van der Waals surface area contributed by atoms with Crippen LogP contribution in [-0.2, 0) is 16.1 Å². The van der Waals surface area contributed by atoms with Crippen LogP contribution in [0.3, 0.4) is 0 Å². The lowest BCUT2D eigenvalue weighted by molar-refractivity contribution is -0.122. The van der Waals surface area contributed by atoms with Crippen molar-refractivity contribution in [3.05, 3.63) is 81.0 Å². The Bertz CT molecular complexity index is 1660. The molecule has 13 heteroatoms. The van der Waals surface area contributed by atoms with E-state index in [1.807, 2.05) is 0 Å². The standard InChI is InChI=1S/C26H27FN6O5S/c1-4-5-12-38-20(17-13-16(27)6-7-19(17)37-3)14-31-25-21(15(2)24(39-25)33-29-10-11-30-33)23(35)32(26(31)36)18-8-9-28-22(18)34/h4,6-7,10-11,13,18,20H,1,5,8-9,12,14H2,2-3H3,(H,28,34)/t18-,20-/m0/s1.